The summed E-state index contributed by atoms with van der Waals surface area (Å²) in [6, 6.07) is 0.848. The van der Waals surface area contributed by atoms with Gasteiger partial charge in [-0.3, -0.25) is 9.36 Å². The van der Waals surface area contributed by atoms with Crippen LogP contribution >= 0.6 is 11.3 Å². The molecule has 2 heterocycles. The number of rotatable bonds is 5. The average Bonchev–Trinajstić information content (AvgIpc) is 3.03. The number of nitrogens with zero attached hydrogens (tertiary/aromatic N) is 2. The van der Waals surface area contributed by atoms with Crippen molar-refractivity contribution in [1.82, 2.24) is 14.9 Å². The molecule has 1 atom stereocenters. The topological polar surface area (TPSA) is 84.2 Å². The molecule has 118 valence electrons. The van der Waals surface area contributed by atoms with Crippen molar-refractivity contribution in [3.05, 3.63) is 34.6 Å². The number of carbonyl (C=O) groups is 2. The second-order valence-corrected chi connectivity index (χ2v) is 6.34. The van der Waals surface area contributed by atoms with Gasteiger partial charge in [0.25, 0.3) is 5.91 Å². The summed E-state index contributed by atoms with van der Waals surface area (Å²) in [5.41, 5.74) is 2.10. The highest BCUT2D eigenvalue weighted by atomic mass is 32.1. The molecule has 0 saturated heterocycles. The fourth-order valence-electron chi connectivity index (χ4n) is 2.35. The maximum Gasteiger partial charge on any atom is 0.326 e. The Kier molecular flexibility index (Phi) is 4.65. The summed E-state index contributed by atoms with van der Waals surface area (Å²) in [5.74, 6) is -1.60. The van der Waals surface area contributed by atoms with Crippen LogP contribution in [0.2, 0.25) is 0 Å². The number of nitrogens with one attached hydrogen (secondary N) is 1. The minimum Gasteiger partial charge on any atom is -0.480 e. The van der Waals surface area contributed by atoms with Gasteiger partial charge in [0, 0.05) is 23.0 Å². The summed E-state index contributed by atoms with van der Waals surface area (Å²) < 4.78 is 1.89. The first kappa shape index (κ1) is 16.2. The van der Waals surface area contributed by atoms with E-state index in [-0.39, 0.29) is 11.8 Å². The SMILES string of the molecule is Cc1cc(C(=O)N[C@H](C(=O)O)C(C)C)c(C)n1-c1nccs1. The molecule has 2 aromatic rings. The van der Waals surface area contributed by atoms with E-state index in [4.69, 9.17) is 0 Å². The summed E-state index contributed by atoms with van der Waals surface area (Å²) in [5, 5.41) is 14.4. The lowest BCUT2D eigenvalue weighted by molar-refractivity contribution is -0.140. The Morgan fingerprint density at radius 3 is 2.55 bits per heavy atom. The van der Waals surface area contributed by atoms with E-state index < -0.39 is 12.0 Å². The first-order chi connectivity index (χ1) is 10.3. The van der Waals surface area contributed by atoms with E-state index in [0.29, 0.717) is 5.56 Å². The van der Waals surface area contributed by atoms with Crippen LogP contribution in [0.1, 0.15) is 35.6 Å². The van der Waals surface area contributed by atoms with Gasteiger partial charge in [0.2, 0.25) is 0 Å². The average molecular weight is 321 g/mol. The third-order valence-corrected chi connectivity index (χ3v) is 4.26. The number of hydrogen-bond acceptors (Lipinski definition) is 4. The number of amides is 1. The molecule has 0 bridgehead atoms. The highest BCUT2D eigenvalue weighted by Crippen LogP contribution is 2.22. The fourth-order valence-corrected chi connectivity index (χ4v) is 3.10. The number of aliphatic carboxylic acids is 1. The van der Waals surface area contributed by atoms with Gasteiger partial charge < -0.3 is 10.4 Å². The van der Waals surface area contributed by atoms with Crippen molar-refractivity contribution in [3.63, 3.8) is 0 Å². The molecule has 2 aromatic heterocycles. The van der Waals surface area contributed by atoms with Crippen LogP contribution in [0.15, 0.2) is 17.6 Å². The van der Waals surface area contributed by atoms with Crippen LogP contribution in [0.5, 0.6) is 0 Å². The van der Waals surface area contributed by atoms with Crippen LogP contribution < -0.4 is 5.32 Å². The number of carboxylic acids is 1. The number of carboxylic acid groups (broad SMARTS) is 1. The fraction of sp³-hybridized carbons (Fsp3) is 0.400. The van der Waals surface area contributed by atoms with Crippen molar-refractivity contribution in [2.24, 2.45) is 5.92 Å². The second-order valence-electron chi connectivity index (χ2n) is 5.47. The van der Waals surface area contributed by atoms with E-state index in [2.05, 4.69) is 10.3 Å². The third-order valence-electron chi connectivity index (χ3n) is 3.51. The van der Waals surface area contributed by atoms with Gasteiger partial charge in [-0.1, -0.05) is 13.8 Å². The van der Waals surface area contributed by atoms with Crippen molar-refractivity contribution < 1.29 is 14.7 Å². The summed E-state index contributed by atoms with van der Waals surface area (Å²) >= 11 is 1.48. The Morgan fingerprint density at radius 2 is 2.05 bits per heavy atom. The highest BCUT2D eigenvalue weighted by Gasteiger charge is 2.26. The van der Waals surface area contributed by atoms with Gasteiger partial charge in [-0.05, 0) is 25.8 Å². The zero-order valence-electron chi connectivity index (χ0n) is 13.0. The van der Waals surface area contributed by atoms with E-state index >= 15 is 0 Å². The van der Waals surface area contributed by atoms with Crippen molar-refractivity contribution in [3.8, 4) is 5.13 Å². The summed E-state index contributed by atoms with van der Waals surface area (Å²) in [6.45, 7) is 7.24. The zero-order valence-corrected chi connectivity index (χ0v) is 13.8. The third kappa shape index (κ3) is 3.04. The molecule has 7 heteroatoms. The minimum absolute atomic E-state index is 0.191. The lowest BCUT2D eigenvalue weighted by atomic mass is 10.0. The van der Waals surface area contributed by atoms with Gasteiger partial charge in [0.1, 0.15) is 6.04 Å². The summed E-state index contributed by atoms with van der Waals surface area (Å²) in [7, 11) is 0. The predicted molar refractivity (Wildman–Crippen MR) is 84.6 cm³/mol. The van der Waals surface area contributed by atoms with Gasteiger partial charge in [-0.25, -0.2) is 9.78 Å². The Labute approximate surface area is 132 Å². The Hall–Kier alpha value is -2.15. The van der Waals surface area contributed by atoms with E-state index in [1.165, 1.54) is 11.3 Å². The van der Waals surface area contributed by atoms with Crippen molar-refractivity contribution >= 4 is 23.2 Å². The van der Waals surface area contributed by atoms with Crippen LogP contribution in [0.3, 0.4) is 0 Å². The maximum absolute atomic E-state index is 12.4. The first-order valence-electron chi connectivity index (χ1n) is 6.95. The first-order valence-corrected chi connectivity index (χ1v) is 7.83. The molecule has 0 saturated carbocycles. The standard InChI is InChI=1S/C15H19N3O3S/c1-8(2)12(14(20)21)17-13(19)11-7-9(3)18(10(11)4)15-16-5-6-22-15/h5-8,12H,1-4H3,(H,17,19)(H,20,21)/t12-/m0/s1. The molecule has 0 fully saturated rings. The molecule has 2 rings (SSSR count). The van der Waals surface area contributed by atoms with Gasteiger partial charge >= 0.3 is 5.97 Å². The predicted octanol–water partition coefficient (Wildman–Crippen LogP) is 2.39. The quantitative estimate of drug-likeness (QED) is 0.885. The van der Waals surface area contributed by atoms with Crippen molar-refractivity contribution in [1.29, 1.82) is 0 Å². The molecule has 2 N–H and O–H groups in total. The highest BCUT2D eigenvalue weighted by molar-refractivity contribution is 7.12. The molecule has 6 nitrogen and oxygen atoms in total. The number of thiazole rings is 1. The number of carbonyl (C=O) groups excluding carboxylic acids is 1. The number of aromatic nitrogens is 2. The van der Waals surface area contributed by atoms with E-state index in [1.54, 1.807) is 26.1 Å². The number of aryl methyl sites for hydroxylation is 1. The Balaban J connectivity index is 2.32. The second kappa shape index (κ2) is 6.31. The molecule has 0 aliphatic carbocycles. The number of hydrogen-bond donors (Lipinski definition) is 2. The minimum atomic E-state index is -1.03. The van der Waals surface area contributed by atoms with Crippen LogP contribution in [-0.2, 0) is 4.79 Å². The van der Waals surface area contributed by atoms with Crippen LogP contribution in [-0.4, -0.2) is 32.6 Å². The largest absolute Gasteiger partial charge is 0.480 e. The molecule has 0 radical (unpaired) electrons. The van der Waals surface area contributed by atoms with Crippen molar-refractivity contribution in [2.75, 3.05) is 0 Å². The van der Waals surface area contributed by atoms with Gasteiger partial charge in [0.05, 0.1) is 5.56 Å². The van der Waals surface area contributed by atoms with E-state index in [9.17, 15) is 14.7 Å². The van der Waals surface area contributed by atoms with Gasteiger partial charge in [0.15, 0.2) is 5.13 Å². The van der Waals surface area contributed by atoms with Crippen molar-refractivity contribution in [2.45, 2.75) is 33.7 Å². The van der Waals surface area contributed by atoms with E-state index in [0.717, 1.165) is 16.5 Å². The molecule has 1 amide bonds. The van der Waals surface area contributed by atoms with E-state index in [1.807, 2.05) is 23.8 Å². The molecule has 0 aliphatic rings. The van der Waals surface area contributed by atoms with Crippen LogP contribution in [0.25, 0.3) is 5.13 Å². The van der Waals surface area contributed by atoms with Crippen LogP contribution in [0.4, 0.5) is 0 Å². The normalized spacial score (nSPS) is 12.4. The molecule has 0 spiro atoms. The maximum atomic E-state index is 12.4. The lowest BCUT2D eigenvalue weighted by Crippen LogP contribution is -2.44. The van der Waals surface area contributed by atoms with Gasteiger partial charge in [-0.15, -0.1) is 11.3 Å². The monoisotopic (exact) mass is 321 g/mol. The Morgan fingerprint density at radius 1 is 1.36 bits per heavy atom. The smallest absolute Gasteiger partial charge is 0.326 e. The molecule has 0 aromatic carbocycles. The molecule has 22 heavy (non-hydrogen) atoms. The molecule has 0 aliphatic heterocycles. The zero-order chi connectivity index (χ0) is 16.4. The summed E-state index contributed by atoms with van der Waals surface area (Å²) in [4.78, 5) is 27.9. The summed E-state index contributed by atoms with van der Waals surface area (Å²) in [6.07, 6.45) is 1.71. The molecular formula is C15H19N3O3S. The lowest BCUT2D eigenvalue weighted by Gasteiger charge is -2.17. The van der Waals surface area contributed by atoms with Gasteiger partial charge in [-0.2, -0.15) is 0 Å². The van der Waals surface area contributed by atoms with Crippen LogP contribution in [0, 0.1) is 19.8 Å². The molecule has 0 unspecified atom stereocenters. The molecular weight excluding hydrogens is 302 g/mol. The Bertz CT molecular complexity index is 689.